The molecule has 7 nitrogen and oxygen atoms in total. The molecule has 0 aliphatic heterocycles. The zero-order valence-corrected chi connectivity index (χ0v) is 13.3. The second kappa shape index (κ2) is 7.36. The number of amides is 2. The molecule has 1 unspecified atom stereocenters. The van der Waals surface area contributed by atoms with E-state index in [1.165, 1.54) is 6.33 Å². The number of carbonyl (C=O) groups is 1. The Labute approximate surface area is 139 Å². The van der Waals surface area contributed by atoms with E-state index in [1.807, 2.05) is 43.3 Å². The Morgan fingerprint density at radius 2 is 2.04 bits per heavy atom. The third-order valence-electron chi connectivity index (χ3n) is 3.55. The van der Waals surface area contributed by atoms with Crippen molar-refractivity contribution < 1.29 is 4.79 Å². The molecule has 0 aliphatic carbocycles. The van der Waals surface area contributed by atoms with Gasteiger partial charge in [-0.05, 0) is 42.3 Å². The fraction of sp³-hybridized carbons (Fsp3) is 0.176. The van der Waals surface area contributed by atoms with E-state index in [0.29, 0.717) is 6.54 Å². The van der Waals surface area contributed by atoms with Crippen molar-refractivity contribution in [3.05, 3.63) is 72.6 Å². The van der Waals surface area contributed by atoms with Crippen molar-refractivity contribution in [2.45, 2.75) is 19.5 Å². The summed E-state index contributed by atoms with van der Waals surface area (Å²) >= 11 is 0. The van der Waals surface area contributed by atoms with E-state index in [1.54, 1.807) is 23.4 Å². The lowest BCUT2D eigenvalue weighted by atomic mass is 10.1. The van der Waals surface area contributed by atoms with Gasteiger partial charge in [0.2, 0.25) is 0 Å². The Hall–Kier alpha value is -3.22. The summed E-state index contributed by atoms with van der Waals surface area (Å²) in [6.07, 6.45) is 6.57. The molecule has 2 N–H and O–H groups in total. The number of pyridine rings is 1. The van der Waals surface area contributed by atoms with Crippen molar-refractivity contribution in [3.8, 4) is 0 Å². The number of carbonyl (C=O) groups excluding carboxylic acids is 1. The Kier molecular flexibility index (Phi) is 4.81. The average molecular weight is 322 g/mol. The third kappa shape index (κ3) is 4.16. The van der Waals surface area contributed by atoms with Crippen LogP contribution in [0.2, 0.25) is 0 Å². The lowest BCUT2D eigenvalue weighted by Crippen LogP contribution is -2.31. The van der Waals surface area contributed by atoms with Crippen LogP contribution in [-0.4, -0.2) is 25.8 Å². The molecule has 3 aromatic rings. The topological polar surface area (TPSA) is 84.7 Å². The molecule has 122 valence electrons. The molecule has 2 aromatic heterocycles. The van der Waals surface area contributed by atoms with E-state index in [2.05, 4.69) is 25.7 Å². The molecule has 0 fully saturated rings. The highest BCUT2D eigenvalue weighted by atomic mass is 16.2. The van der Waals surface area contributed by atoms with Gasteiger partial charge < -0.3 is 10.6 Å². The lowest BCUT2D eigenvalue weighted by molar-refractivity contribution is 0.249. The van der Waals surface area contributed by atoms with Gasteiger partial charge in [-0.1, -0.05) is 12.1 Å². The number of urea groups is 1. The predicted molar refractivity (Wildman–Crippen MR) is 90.4 cm³/mol. The van der Waals surface area contributed by atoms with Gasteiger partial charge in [-0.2, -0.15) is 5.10 Å². The predicted octanol–water partition coefficient (Wildman–Crippen LogP) is 2.60. The molecule has 7 heteroatoms. The molecule has 0 spiro atoms. The van der Waals surface area contributed by atoms with Crippen LogP contribution in [0.5, 0.6) is 0 Å². The second-order valence-electron chi connectivity index (χ2n) is 5.39. The fourth-order valence-corrected chi connectivity index (χ4v) is 2.35. The summed E-state index contributed by atoms with van der Waals surface area (Å²) in [5, 5.41) is 9.83. The molecule has 0 bridgehead atoms. The van der Waals surface area contributed by atoms with Gasteiger partial charge in [0.1, 0.15) is 12.7 Å². The Morgan fingerprint density at radius 3 is 2.79 bits per heavy atom. The van der Waals surface area contributed by atoms with Gasteiger partial charge >= 0.3 is 6.03 Å². The lowest BCUT2D eigenvalue weighted by Gasteiger charge is -2.15. The monoisotopic (exact) mass is 322 g/mol. The van der Waals surface area contributed by atoms with Gasteiger partial charge in [-0.25, -0.2) is 14.5 Å². The fourth-order valence-electron chi connectivity index (χ4n) is 2.35. The van der Waals surface area contributed by atoms with Crippen molar-refractivity contribution in [1.82, 2.24) is 25.1 Å². The zero-order valence-electron chi connectivity index (χ0n) is 13.3. The van der Waals surface area contributed by atoms with Crippen LogP contribution in [-0.2, 0) is 6.54 Å². The first-order valence-corrected chi connectivity index (χ1v) is 7.59. The van der Waals surface area contributed by atoms with Crippen LogP contribution in [0.1, 0.15) is 24.1 Å². The summed E-state index contributed by atoms with van der Waals surface area (Å²) in [5.74, 6) is 0. The first kappa shape index (κ1) is 15.7. The number of rotatable bonds is 5. The van der Waals surface area contributed by atoms with Crippen LogP contribution in [0, 0.1) is 0 Å². The van der Waals surface area contributed by atoms with Crippen molar-refractivity contribution in [2.24, 2.45) is 0 Å². The van der Waals surface area contributed by atoms with Crippen molar-refractivity contribution in [3.63, 3.8) is 0 Å². The molecular weight excluding hydrogens is 304 g/mol. The van der Waals surface area contributed by atoms with E-state index < -0.39 is 0 Å². The average Bonchev–Trinajstić information content (AvgIpc) is 3.09. The number of anilines is 1. The highest BCUT2D eigenvalue weighted by Gasteiger charge is 2.09. The maximum atomic E-state index is 12.2. The van der Waals surface area contributed by atoms with Gasteiger partial charge in [-0.15, -0.1) is 0 Å². The molecule has 1 aromatic carbocycles. The van der Waals surface area contributed by atoms with E-state index in [0.717, 1.165) is 16.8 Å². The minimum atomic E-state index is -0.253. The number of hydrogen-bond donors (Lipinski definition) is 2. The number of benzene rings is 1. The van der Waals surface area contributed by atoms with Crippen LogP contribution in [0.3, 0.4) is 0 Å². The van der Waals surface area contributed by atoms with Crippen molar-refractivity contribution in [2.75, 3.05) is 5.32 Å². The van der Waals surface area contributed by atoms with E-state index >= 15 is 0 Å². The summed E-state index contributed by atoms with van der Waals surface area (Å²) in [6.45, 7) is 2.53. The summed E-state index contributed by atoms with van der Waals surface area (Å²) in [7, 11) is 0. The number of nitrogens with zero attached hydrogens (tertiary/aromatic N) is 4. The molecular formula is C17H18N6O. The van der Waals surface area contributed by atoms with Gasteiger partial charge in [0.25, 0.3) is 0 Å². The quantitative estimate of drug-likeness (QED) is 0.756. The second-order valence-corrected chi connectivity index (χ2v) is 5.39. The van der Waals surface area contributed by atoms with Gasteiger partial charge in [0.05, 0.1) is 12.6 Å². The van der Waals surface area contributed by atoms with Crippen molar-refractivity contribution >= 4 is 11.7 Å². The van der Waals surface area contributed by atoms with Crippen LogP contribution in [0.25, 0.3) is 0 Å². The molecule has 1 atom stereocenters. The van der Waals surface area contributed by atoms with Crippen LogP contribution < -0.4 is 10.6 Å². The minimum absolute atomic E-state index is 0.105. The summed E-state index contributed by atoms with van der Waals surface area (Å²) in [6, 6.07) is 11.0. The molecule has 0 aliphatic rings. The van der Waals surface area contributed by atoms with E-state index in [9.17, 15) is 4.79 Å². The number of hydrogen-bond acceptors (Lipinski definition) is 4. The summed E-state index contributed by atoms with van der Waals surface area (Å²) in [4.78, 5) is 20.1. The van der Waals surface area contributed by atoms with Gasteiger partial charge in [0, 0.05) is 18.1 Å². The molecule has 0 saturated carbocycles. The van der Waals surface area contributed by atoms with Gasteiger partial charge in [-0.3, -0.25) is 4.98 Å². The number of aromatic nitrogens is 4. The molecule has 24 heavy (non-hydrogen) atoms. The Bertz CT molecular complexity index is 788. The summed E-state index contributed by atoms with van der Waals surface area (Å²) in [5.41, 5.74) is 2.76. The maximum absolute atomic E-state index is 12.2. The standard InChI is InChI=1S/C17H18N6O/c1-13(15-5-7-18-8-6-15)21-17(24)22-16-4-2-3-14(9-16)10-23-12-19-11-20-23/h2-9,11-13H,10H2,1H3,(H2,21,22,24). The molecule has 2 amide bonds. The SMILES string of the molecule is CC(NC(=O)Nc1cccc(Cn2cncn2)c1)c1ccncc1. The normalized spacial score (nSPS) is 11.7. The molecule has 2 heterocycles. The van der Waals surface area contributed by atoms with E-state index in [-0.39, 0.29) is 12.1 Å². The molecule has 0 saturated heterocycles. The van der Waals surface area contributed by atoms with Crippen LogP contribution >= 0.6 is 0 Å². The molecule has 3 rings (SSSR count). The maximum Gasteiger partial charge on any atom is 0.319 e. The van der Waals surface area contributed by atoms with Crippen molar-refractivity contribution in [1.29, 1.82) is 0 Å². The third-order valence-corrected chi connectivity index (χ3v) is 3.55. The Morgan fingerprint density at radius 1 is 1.21 bits per heavy atom. The van der Waals surface area contributed by atoms with E-state index in [4.69, 9.17) is 0 Å². The Balaban J connectivity index is 1.60. The first-order valence-electron chi connectivity index (χ1n) is 7.59. The smallest absolute Gasteiger partial charge is 0.319 e. The minimum Gasteiger partial charge on any atom is -0.331 e. The van der Waals surface area contributed by atoms with Gasteiger partial charge in [0.15, 0.2) is 0 Å². The highest BCUT2D eigenvalue weighted by Crippen LogP contribution is 2.13. The zero-order chi connectivity index (χ0) is 16.8. The molecule has 0 radical (unpaired) electrons. The van der Waals surface area contributed by atoms with Crippen LogP contribution in [0.15, 0.2) is 61.4 Å². The number of nitrogens with one attached hydrogen (secondary N) is 2. The first-order chi connectivity index (χ1) is 11.7. The summed E-state index contributed by atoms with van der Waals surface area (Å²) < 4.78 is 1.73. The van der Waals surface area contributed by atoms with Crippen LogP contribution in [0.4, 0.5) is 10.5 Å². The largest absolute Gasteiger partial charge is 0.331 e. The highest BCUT2D eigenvalue weighted by molar-refractivity contribution is 5.89.